The van der Waals surface area contributed by atoms with Gasteiger partial charge in [0.25, 0.3) is 0 Å². The molecule has 0 aliphatic carbocycles. The molecule has 0 bridgehead atoms. The zero-order chi connectivity index (χ0) is 26.8. The molecule has 0 radical (unpaired) electrons. The number of aliphatic hydroxyl groups excluding tert-OH is 1. The summed E-state index contributed by atoms with van der Waals surface area (Å²) in [4.78, 5) is 29.8. The number of phenolic OH excluding ortho intramolecular Hbond substituents is 1. The fraction of sp³-hybridized carbons (Fsp3) is 0.143. The average Bonchev–Trinajstić information content (AvgIpc) is 2.93. The normalized spacial score (nSPS) is 17.6. The molecule has 2 heterocycles. The van der Waals surface area contributed by atoms with Gasteiger partial charge < -0.3 is 15.1 Å². The summed E-state index contributed by atoms with van der Waals surface area (Å²) in [7, 11) is 0. The number of β-lactam (4-membered cyclic amide) rings is 1. The molecule has 1 fully saturated rings. The molecule has 38 heavy (non-hydrogen) atoms. The molecule has 5 rings (SSSR count). The third-order valence-corrected chi connectivity index (χ3v) is 7.74. The minimum absolute atomic E-state index is 0.159. The topological polar surface area (TPSA) is 117 Å². The lowest BCUT2D eigenvalue weighted by molar-refractivity contribution is -0.385. The number of hydrogen-bond acceptors (Lipinski definition) is 7. The number of carbonyl (C=O) groups excluding carboxylic acids is 1. The second-order valence-corrected chi connectivity index (χ2v) is 9.94. The number of aromatic nitrogens is 1. The second-order valence-electron chi connectivity index (χ2n) is 8.77. The zero-order valence-corrected chi connectivity index (χ0v) is 20.7. The quantitative estimate of drug-likeness (QED) is 0.177. The van der Waals surface area contributed by atoms with Crippen LogP contribution in [0.25, 0.3) is 11.1 Å². The first-order valence-corrected chi connectivity index (χ1v) is 12.7. The molecule has 10 heteroatoms. The Balaban J connectivity index is 1.43. The van der Waals surface area contributed by atoms with Gasteiger partial charge in [-0.1, -0.05) is 36.4 Å². The molecule has 1 saturated heterocycles. The summed E-state index contributed by atoms with van der Waals surface area (Å²) in [6, 6.07) is 20.1. The maximum atomic E-state index is 13.4. The average molecular weight is 532 g/mol. The van der Waals surface area contributed by atoms with E-state index >= 15 is 0 Å². The zero-order valence-electron chi connectivity index (χ0n) is 19.8. The van der Waals surface area contributed by atoms with E-state index < -0.39 is 39.6 Å². The molecule has 3 aromatic carbocycles. The van der Waals surface area contributed by atoms with Crippen molar-refractivity contribution in [2.45, 2.75) is 17.4 Å². The molecular weight excluding hydrogens is 509 g/mol. The van der Waals surface area contributed by atoms with E-state index in [1.54, 1.807) is 35.5 Å². The molecule has 192 valence electrons. The Hall–Kier alpha value is -4.28. The Morgan fingerprint density at radius 3 is 2.45 bits per heavy atom. The number of nitro groups is 1. The number of hydrogen-bond donors (Lipinski definition) is 2. The molecule has 1 amide bonds. The van der Waals surface area contributed by atoms with Crippen LogP contribution in [0.15, 0.2) is 91.3 Å². The van der Waals surface area contributed by atoms with Gasteiger partial charge in [-0.25, -0.2) is 4.39 Å². The summed E-state index contributed by atoms with van der Waals surface area (Å²) in [6.07, 6.45) is 2.49. The lowest BCUT2D eigenvalue weighted by Crippen LogP contribution is -2.57. The Morgan fingerprint density at radius 1 is 1.05 bits per heavy atom. The first-order chi connectivity index (χ1) is 18.3. The van der Waals surface area contributed by atoms with Gasteiger partial charge in [0, 0.05) is 29.9 Å². The van der Waals surface area contributed by atoms with Crippen LogP contribution in [0.4, 0.5) is 15.8 Å². The molecule has 1 aromatic heterocycles. The highest BCUT2D eigenvalue weighted by molar-refractivity contribution is 8.00. The summed E-state index contributed by atoms with van der Waals surface area (Å²) in [6.45, 7) is 0. The van der Waals surface area contributed by atoms with Crippen molar-refractivity contribution < 1.29 is 24.3 Å². The number of phenols is 1. The molecule has 3 atom stereocenters. The van der Waals surface area contributed by atoms with Gasteiger partial charge >= 0.3 is 5.69 Å². The number of anilines is 1. The minimum Gasteiger partial charge on any atom is -0.502 e. The molecular formula is C28H22FN3O5S. The van der Waals surface area contributed by atoms with Gasteiger partial charge in [0.2, 0.25) is 5.91 Å². The predicted octanol–water partition coefficient (Wildman–Crippen LogP) is 5.42. The minimum atomic E-state index is -0.934. The van der Waals surface area contributed by atoms with E-state index in [2.05, 4.69) is 4.98 Å². The van der Waals surface area contributed by atoms with Crippen molar-refractivity contribution in [2.24, 2.45) is 0 Å². The van der Waals surface area contributed by atoms with Crippen molar-refractivity contribution in [1.29, 1.82) is 0 Å². The van der Waals surface area contributed by atoms with Crippen molar-refractivity contribution >= 4 is 29.0 Å². The number of pyridine rings is 1. The third kappa shape index (κ3) is 4.96. The summed E-state index contributed by atoms with van der Waals surface area (Å²) < 4.78 is 13.3. The van der Waals surface area contributed by atoms with E-state index in [0.29, 0.717) is 16.8 Å². The van der Waals surface area contributed by atoms with Crippen LogP contribution in [0.2, 0.25) is 0 Å². The number of nitrogens with zero attached hydrogens (tertiary/aromatic N) is 3. The SMILES string of the molecule is O=C1[C@H](SC[C@@H](O)c2ccc(F)cc2)[C@@H](c2ccc(O)c([N+](=O)[O-])c2)N1c1ccc(-c2cccnc2)cc1. The van der Waals surface area contributed by atoms with E-state index in [9.17, 15) is 29.5 Å². The van der Waals surface area contributed by atoms with E-state index in [4.69, 9.17) is 0 Å². The molecule has 0 spiro atoms. The van der Waals surface area contributed by atoms with Gasteiger partial charge in [0.1, 0.15) is 11.1 Å². The van der Waals surface area contributed by atoms with Crippen LogP contribution in [0, 0.1) is 15.9 Å². The van der Waals surface area contributed by atoms with E-state index in [1.807, 2.05) is 24.3 Å². The molecule has 0 unspecified atom stereocenters. The molecule has 0 saturated carbocycles. The van der Waals surface area contributed by atoms with Crippen LogP contribution in [-0.2, 0) is 4.79 Å². The van der Waals surface area contributed by atoms with Crippen molar-refractivity contribution in [1.82, 2.24) is 4.98 Å². The number of carbonyl (C=O) groups is 1. The van der Waals surface area contributed by atoms with Gasteiger partial charge in [0.05, 0.1) is 17.1 Å². The first-order valence-electron chi connectivity index (χ1n) is 11.7. The van der Waals surface area contributed by atoms with E-state index in [-0.39, 0.29) is 11.7 Å². The van der Waals surface area contributed by atoms with Gasteiger partial charge in [-0.3, -0.25) is 19.9 Å². The summed E-state index contributed by atoms with van der Waals surface area (Å²) in [5, 5.41) is 31.4. The standard InChI is InChI=1S/C28H22FN3O5S/c29-21-8-3-18(4-9-21)25(34)16-38-27-26(19-7-12-24(33)23(14-19)32(36)37)31(28(27)35)22-10-5-17(6-11-22)20-2-1-13-30-15-20/h1-15,25-27,33-34H,16H2/t25-,26-,27-/m1/s1. The third-order valence-electron chi connectivity index (χ3n) is 6.41. The molecule has 1 aliphatic rings. The van der Waals surface area contributed by atoms with Gasteiger partial charge in [-0.2, -0.15) is 0 Å². The van der Waals surface area contributed by atoms with Gasteiger partial charge in [0.15, 0.2) is 5.75 Å². The maximum Gasteiger partial charge on any atom is 0.311 e. The fourth-order valence-corrected chi connectivity index (χ4v) is 5.73. The van der Waals surface area contributed by atoms with E-state index in [1.165, 1.54) is 48.2 Å². The number of nitro benzene ring substituents is 1. The van der Waals surface area contributed by atoms with Crippen molar-refractivity contribution in [3.05, 3.63) is 118 Å². The number of halogens is 1. The molecule has 4 aromatic rings. The monoisotopic (exact) mass is 531 g/mol. The van der Waals surface area contributed by atoms with Crippen LogP contribution in [0.1, 0.15) is 23.3 Å². The van der Waals surface area contributed by atoms with E-state index in [0.717, 1.165) is 11.1 Å². The van der Waals surface area contributed by atoms with Gasteiger partial charge in [-0.05, 0) is 58.7 Å². The highest BCUT2D eigenvalue weighted by Crippen LogP contribution is 2.47. The fourth-order valence-electron chi connectivity index (χ4n) is 4.43. The number of aromatic hydroxyl groups is 1. The molecule has 8 nitrogen and oxygen atoms in total. The highest BCUT2D eigenvalue weighted by atomic mass is 32.2. The number of thioether (sulfide) groups is 1. The second kappa shape index (κ2) is 10.6. The predicted molar refractivity (Wildman–Crippen MR) is 142 cm³/mol. The number of rotatable bonds is 8. The van der Waals surface area contributed by atoms with Crippen LogP contribution in [0.3, 0.4) is 0 Å². The smallest absolute Gasteiger partial charge is 0.311 e. The van der Waals surface area contributed by atoms with Crippen LogP contribution < -0.4 is 4.90 Å². The number of benzene rings is 3. The van der Waals surface area contributed by atoms with Crippen LogP contribution in [-0.4, -0.2) is 37.0 Å². The lowest BCUT2D eigenvalue weighted by atomic mass is 9.91. The van der Waals surface area contributed by atoms with Crippen LogP contribution in [0.5, 0.6) is 5.75 Å². The Labute approximate surface area is 221 Å². The summed E-state index contributed by atoms with van der Waals surface area (Å²) in [5.74, 6) is -0.933. The van der Waals surface area contributed by atoms with Crippen molar-refractivity contribution in [2.75, 3.05) is 10.7 Å². The van der Waals surface area contributed by atoms with Gasteiger partial charge in [-0.15, -0.1) is 11.8 Å². The lowest BCUT2D eigenvalue weighted by Gasteiger charge is -2.47. The largest absolute Gasteiger partial charge is 0.502 e. The maximum absolute atomic E-state index is 13.4. The summed E-state index contributed by atoms with van der Waals surface area (Å²) >= 11 is 1.22. The first kappa shape index (κ1) is 25.4. The molecule has 2 N–H and O–H groups in total. The van der Waals surface area contributed by atoms with Crippen molar-refractivity contribution in [3.8, 4) is 16.9 Å². The highest BCUT2D eigenvalue weighted by Gasteiger charge is 2.49. The number of amides is 1. The number of aliphatic hydroxyl groups is 1. The van der Waals surface area contributed by atoms with Crippen molar-refractivity contribution in [3.63, 3.8) is 0 Å². The Morgan fingerprint density at radius 2 is 1.79 bits per heavy atom. The Bertz CT molecular complexity index is 1470. The Kier molecular flexibility index (Phi) is 7.08. The van der Waals surface area contributed by atoms with Crippen LogP contribution >= 0.6 is 11.8 Å². The molecule has 1 aliphatic heterocycles. The summed E-state index contributed by atoms with van der Waals surface area (Å²) in [5.41, 5.74) is 3.00.